The van der Waals surface area contributed by atoms with Crippen LogP contribution in [0.3, 0.4) is 0 Å². The van der Waals surface area contributed by atoms with E-state index in [2.05, 4.69) is 10.6 Å². The Labute approximate surface area is 174 Å². The van der Waals surface area contributed by atoms with E-state index in [1.807, 2.05) is 18.2 Å². The largest absolute Gasteiger partial charge is 0.480 e. The van der Waals surface area contributed by atoms with Gasteiger partial charge in [0.2, 0.25) is 5.91 Å². The lowest BCUT2D eigenvalue weighted by Gasteiger charge is -2.24. The number of carbonyl (C=O) groups excluding carboxylic acids is 2. The van der Waals surface area contributed by atoms with Gasteiger partial charge in [0.25, 0.3) is 0 Å². The van der Waals surface area contributed by atoms with E-state index in [1.165, 1.54) is 24.3 Å². The van der Waals surface area contributed by atoms with E-state index < -0.39 is 35.9 Å². The van der Waals surface area contributed by atoms with Gasteiger partial charge in [-0.3, -0.25) is 4.79 Å². The Morgan fingerprint density at radius 3 is 2.17 bits per heavy atom. The van der Waals surface area contributed by atoms with Gasteiger partial charge in [-0.1, -0.05) is 56.3 Å². The zero-order valence-corrected chi connectivity index (χ0v) is 16.8. The number of carbonyl (C=O) groups is 3. The van der Waals surface area contributed by atoms with E-state index in [0.29, 0.717) is 5.56 Å². The Hall–Kier alpha value is -3.42. The average Bonchev–Trinajstić information content (AvgIpc) is 2.71. The molecule has 0 saturated heterocycles. The molecule has 3 N–H and O–H groups in total. The highest BCUT2D eigenvalue weighted by Gasteiger charge is 2.29. The lowest BCUT2D eigenvalue weighted by atomic mass is 10.0. The van der Waals surface area contributed by atoms with Crippen LogP contribution in [0.5, 0.6) is 0 Å². The predicted molar refractivity (Wildman–Crippen MR) is 108 cm³/mol. The number of nitrogens with one attached hydrogen (secondary N) is 2. The first-order chi connectivity index (χ1) is 14.3. The SMILES string of the molecule is CC(C)[C@H](NC(=O)OCc1ccccc1)C(=O)N[C@H](Cc1ccc(F)cc1)C(=O)O. The van der Waals surface area contributed by atoms with Crippen LogP contribution in [-0.4, -0.2) is 35.2 Å². The van der Waals surface area contributed by atoms with E-state index in [4.69, 9.17) is 4.74 Å². The number of ether oxygens (including phenoxy) is 1. The summed E-state index contributed by atoms with van der Waals surface area (Å²) >= 11 is 0. The molecule has 0 aliphatic heterocycles. The summed E-state index contributed by atoms with van der Waals surface area (Å²) in [4.78, 5) is 36.3. The number of hydrogen-bond donors (Lipinski definition) is 3. The second-order valence-corrected chi connectivity index (χ2v) is 7.16. The maximum absolute atomic E-state index is 13.0. The highest BCUT2D eigenvalue weighted by Crippen LogP contribution is 2.09. The number of carboxylic acid groups (broad SMARTS) is 1. The minimum absolute atomic E-state index is 0.0232. The van der Waals surface area contributed by atoms with Crippen LogP contribution in [0.15, 0.2) is 54.6 Å². The van der Waals surface area contributed by atoms with Gasteiger partial charge in [-0.15, -0.1) is 0 Å². The van der Waals surface area contributed by atoms with Crippen molar-refractivity contribution < 1.29 is 28.6 Å². The summed E-state index contributed by atoms with van der Waals surface area (Å²) in [6, 6.07) is 12.2. The number of amides is 2. The Kier molecular flexibility index (Phi) is 8.34. The maximum atomic E-state index is 13.0. The van der Waals surface area contributed by atoms with Crippen molar-refractivity contribution in [1.29, 1.82) is 0 Å². The molecule has 0 bridgehead atoms. The second kappa shape index (κ2) is 10.9. The molecule has 7 nitrogen and oxygen atoms in total. The molecule has 2 aromatic rings. The van der Waals surface area contributed by atoms with Gasteiger partial charge in [-0.25, -0.2) is 14.0 Å². The van der Waals surface area contributed by atoms with Gasteiger partial charge in [0.05, 0.1) is 0 Å². The molecule has 0 spiro atoms. The van der Waals surface area contributed by atoms with Gasteiger partial charge in [-0.05, 0) is 29.2 Å². The molecule has 160 valence electrons. The topological polar surface area (TPSA) is 105 Å². The molecular weight excluding hydrogens is 391 g/mol. The van der Waals surface area contributed by atoms with E-state index in [-0.39, 0.29) is 18.9 Å². The zero-order valence-electron chi connectivity index (χ0n) is 16.8. The van der Waals surface area contributed by atoms with Crippen LogP contribution in [0, 0.1) is 11.7 Å². The van der Waals surface area contributed by atoms with Crippen LogP contribution in [0.2, 0.25) is 0 Å². The first-order valence-electron chi connectivity index (χ1n) is 9.51. The third kappa shape index (κ3) is 7.20. The number of aliphatic carboxylic acids is 1. The summed E-state index contributed by atoms with van der Waals surface area (Å²) in [7, 11) is 0. The maximum Gasteiger partial charge on any atom is 0.408 e. The molecule has 2 amide bonds. The molecule has 2 aromatic carbocycles. The third-order valence-electron chi connectivity index (χ3n) is 4.40. The molecule has 0 aromatic heterocycles. The average molecular weight is 416 g/mol. The number of alkyl carbamates (subject to hydrolysis) is 1. The van der Waals surface area contributed by atoms with E-state index >= 15 is 0 Å². The fourth-order valence-electron chi connectivity index (χ4n) is 2.74. The number of hydrogen-bond acceptors (Lipinski definition) is 4. The Balaban J connectivity index is 1.97. The van der Waals surface area contributed by atoms with Crippen LogP contribution in [0.1, 0.15) is 25.0 Å². The van der Waals surface area contributed by atoms with E-state index in [1.54, 1.807) is 26.0 Å². The Morgan fingerprint density at radius 2 is 1.60 bits per heavy atom. The van der Waals surface area contributed by atoms with Crippen molar-refractivity contribution in [2.45, 2.75) is 39.0 Å². The van der Waals surface area contributed by atoms with Gasteiger partial charge in [0, 0.05) is 6.42 Å². The van der Waals surface area contributed by atoms with Gasteiger partial charge in [-0.2, -0.15) is 0 Å². The fourth-order valence-corrected chi connectivity index (χ4v) is 2.74. The quantitative estimate of drug-likeness (QED) is 0.583. The van der Waals surface area contributed by atoms with Crippen molar-refractivity contribution in [3.63, 3.8) is 0 Å². The lowest BCUT2D eigenvalue weighted by molar-refractivity contribution is -0.142. The number of carboxylic acids is 1. The number of halogens is 1. The van der Waals surface area contributed by atoms with Gasteiger partial charge < -0.3 is 20.5 Å². The highest BCUT2D eigenvalue weighted by molar-refractivity contribution is 5.89. The number of rotatable bonds is 9. The summed E-state index contributed by atoms with van der Waals surface area (Å²) in [5, 5.41) is 14.4. The molecule has 0 saturated carbocycles. The van der Waals surface area contributed by atoms with Crippen molar-refractivity contribution in [3.8, 4) is 0 Å². The molecule has 8 heteroatoms. The Bertz CT molecular complexity index is 856. The third-order valence-corrected chi connectivity index (χ3v) is 4.40. The summed E-state index contributed by atoms with van der Waals surface area (Å²) in [6.07, 6.45) is -0.803. The number of benzene rings is 2. The summed E-state index contributed by atoms with van der Waals surface area (Å²) < 4.78 is 18.2. The second-order valence-electron chi connectivity index (χ2n) is 7.16. The van der Waals surface area contributed by atoms with Gasteiger partial charge in [0.15, 0.2) is 0 Å². The lowest BCUT2D eigenvalue weighted by Crippen LogP contribution is -2.54. The van der Waals surface area contributed by atoms with Crippen LogP contribution in [0.4, 0.5) is 9.18 Å². The summed E-state index contributed by atoms with van der Waals surface area (Å²) in [5.41, 5.74) is 1.35. The van der Waals surface area contributed by atoms with Gasteiger partial charge >= 0.3 is 12.1 Å². The molecule has 0 fully saturated rings. The summed E-state index contributed by atoms with van der Waals surface area (Å²) in [6.45, 7) is 3.48. The molecule has 2 rings (SSSR count). The molecule has 0 unspecified atom stereocenters. The van der Waals surface area contributed by atoms with Crippen molar-refractivity contribution in [1.82, 2.24) is 10.6 Å². The normalized spacial score (nSPS) is 12.7. The van der Waals surface area contributed by atoms with E-state index in [9.17, 15) is 23.9 Å². The van der Waals surface area contributed by atoms with Crippen LogP contribution in [-0.2, 0) is 27.4 Å². The highest BCUT2D eigenvalue weighted by atomic mass is 19.1. The molecule has 30 heavy (non-hydrogen) atoms. The summed E-state index contributed by atoms with van der Waals surface area (Å²) in [5.74, 6) is -2.62. The molecule has 0 aliphatic carbocycles. The van der Waals surface area contributed by atoms with Gasteiger partial charge in [0.1, 0.15) is 24.5 Å². The molecule has 0 aliphatic rings. The molecule has 0 heterocycles. The van der Waals surface area contributed by atoms with Crippen LogP contribution < -0.4 is 10.6 Å². The molecule has 0 radical (unpaired) electrons. The van der Waals surface area contributed by atoms with Crippen molar-refractivity contribution in [3.05, 3.63) is 71.5 Å². The van der Waals surface area contributed by atoms with E-state index in [0.717, 1.165) is 5.56 Å². The standard InChI is InChI=1S/C22H25FN2O5/c1-14(2)19(25-22(29)30-13-16-6-4-3-5-7-16)20(26)24-18(21(27)28)12-15-8-10-17(23)11-9-15/h3-11,14,18-19H,12-13H2,1-2H3,(H,24,26)(H,25,29)(H,27,28)/t18-,19+/m1/s1. The minimum Gasteiger partial charge on any atom is -0.480 e. The molecule has 2 atom stereocenters. The van der Waals surface area contributed by atoms with Crippen molar-refractivity contribution in [2.24, 2.45) is 5.92 Å². The predicted octanol–water partition coefficient (Wildman–Crippen LogP) is 2.89. The monoisotopic (exact) mass is 416 g/mol. The van der Waals surface area contributed by atoms with Crippen LogP contribution >= 0.6 is 0 Å². The minimum atomic E-state index is -1.23. The van der Waals surface area contributed by atoms with Crippen LogP contribution in [0.25, 0.3) is 0 Å². The fraction of sp³-hybridized carbons (Fsp3) is 0.318. The van der Waals surface area contributed by atoms with Crippen molar-refractivity contribution in [2.75, 3.05) is 0 Å². The zero-order chi connectivity index (χ0) is 22.1. The smallest absolute Gasteiger partial charge is 0.408 e. The molecular formula is C22H25FN2O5. The van der Waals surface area contributed by atoms with Crippen molar-refractivity contribution >= 4 is 18.0 Å². The first-order valence-corrected chi connectivity index (χ1v) is 9.51. The Morgan fingerprint density at radius 1 is 0.967 bits per heavy atom. The first kappa shape index (κ1) is 22.9.